The quantitative estimate of drug-likeness (QED) is 0.781. The monoisotopic (exact) mass is 319 g/mol. The van der Waals surface area contributed by atoms with Crippen molar-refractivity contribution < 1.29 is 18.8 Å². The van der Waals surface area contributed by atoms with Crippen LogP contribution in [0.25, 0.3) is 0 Å². The highest BCUT2D eigenvalue weighted by atomic mass is 16.5. The molecule has 0 saturated heterocycles. The van der Waals surface area contributed by atoms with E-state index in [4.69, 9.17) is 14.0 Å². The molecule has 0 spiro atoms. The topological polar surface area (TPSA) is 85.6 Å². The fourth-order valence-electron chi connectivity index (χ4n) is 2.01. The molecule has 0 aliphatic rings. The molecule has 0 unspecified atom stereocenters. The number of rotatable bonds is 8. The van der Waals surface area contributed by atoms with E-state index in [9.17, 15) is 4.79 Å². The Kier molecular flexibility index (Phi) is 6.28. The van der Waals surface area contributed by atoms with Crippen molar-refractivity contribution >= 4 is 11.9 Å². The Balaban J connectivity index is 1.85. The maximum absolute atomic E-state index is 11.7. The molecule has 2 amide bonds. The van der Waals surface area contributed by atoms with Crippen LogP contribution in [0.1, 0.15) is 19.4 Å². The largest absolute Gasteiger partial charge is 0.490 e. The number of hydrogen-bond acceptors (Lipinski definition) is 5. The fraction of sp³-hybridized carbons (Fsp3) is 0.375. The standard InChI is InChI=1S/C16H21N3O4/c1-3-21-13-6-5-12(11-14(13)22-4-2)7-9-17-16(20)19-15-8-10-18-23-15/h5-6,8,10-11H,3-4,7,9H2,1-2H3,(H2,17,19,20). The number of urea groups is 1. The lowest BCUT2D eigenvalue weighted by Crippen LogP contribution is -2.30. The van der Waals surface area contributed by atoms with Crippen LogP contribution in [0.5, 0.6) is 11.5 Å². The number of hydrogen-bond donors (Lipinski definition) is 2. The summed E-state index contributed by atoms with van der Waals surface area (Å²) in [6.07, 6.45) is 2.14. The molecule has 7 heteroatoms. The molecular formula is C16H21N3O4. The van der Waals surface area contributed by atoms with Crippen molar-refractivity contribution in [3.8, 4) is 11.5 Å². The number of nitrogens with zero attached hydrogens (tertiary/aromatic N) is 1. The average Bonchev–Trinajstić information content (AvgIpc) is 3.03. The summed E-state index contributed by atoms with van der Waals surface area (Å²) in [5.41, 5.74) is 1.05. The van der Waals surface area contributed by atoms with E-state index >= 15 is 0 Å². The molecule has 0 bridgehead atoms. The normalized spacial score (nSPS) is 10.2. The van der Waals surface area contributed by atoms with Gasteiger partial charge in [-0.05, 0) is 38.0 Å². The molecule has 1 aromatic heterocycles. The van der Waals surface area contributed by atoms with Crippen LogP contribution in [0.2, 0.25) is 0 Å². The number of amides is 2. The molecule has 0 fully saturated rings. The second-order valence-electron chi connectivity index (χ2n) is 4.65. The van der Waals surface area contributed by atoms with Gasteiger partial charge in [0, 0.05) is 12.6 Å². The van der Waals surface area contributed by atoms with E-state index in [2.05, 4.69) is 15.8 Å². The Bertz CT molecular complexity index is 614. The molecule has 2 aromatic rings. The van der Waals surface area contributed by atoms with E-state index in [0.717, 1.165) is 17.1 Å². The first-order valence-electron chi connectivity index (χ1n) is 7.57. The van der Waals surface area contributed by atoms with Gasteiger partial charge in [0.05, 0.1) is 19.4 Å². The highest BCUT2D eigenvalue weighted by Gasteiger charge is 2.07. The van der Waals surface area contributed by atoms with E-state index in [1.54, 1.807) is 6.07 Å². The first kappa shape index (κ1) is 16.7. The summed E-state index contributed by atoms with van der Waals surface area (Å²) in [6, 6.07) is 7.02. The van der Waals surface area contributed by atoms with E-state index < -0.39 is 0 Å². The maximum Gasteiger partial charge on any atom is 0.321 e. The van der Waals surface area contributed by atoms with Crippen LogP contribution in [0.3, 0.4) is 0 Å². The predicted octanol–water partition coefficient (Wildman–Crippen LogP) is 2.84. The SMILES string of the molecule is CCOc1ccc(CCNC(=O)Nc2ccno2)cc1OCC. The molecule has 0 aliphatic heterocycles. The third-order valence-electron chi connectivity index (χ3n) is 2.98. The number of ether oxygens (including phenoxy) is 2. The third kappa shape index (κ3) is 5.21. The number of aromatic nitrogens is 1. The lowest BCUT2D eigenvalue weighted by molar-refractivity contribution is 0.251. The minimum absolute atomic E-state index is 0.308. The summed E-state index contributed by atoms with van der Waals surface area (Å²) < 4.78 is 15.9. The zero-order valence-electron chi connectivity index (χ0n) is 13.3. The van der Waals surface area contributed by atoms with Crippen LogP contribution in [0, 0.1) is 0 Å². The van der Waals surface area contributed by atoms with Crippen molar-refractivity contribution in [1.82, 2.24) is 10.5 Å². The molecular weight excluding hydrogens is 298 g/mol. The molecule has 7 nitrogen and oxygen atoms in total. The zero-order valence-corrected chi connectivity index (χ0v) is 13.3. The lowest BCUT2D eigenvalue weighted by atomic mass is 10.1. The van der Waals surface area contributed by atoms with Gasteiger partial charge >= 0.3 is 6.03 Å². The smallest absolute Gasteiger partial charge is 0.321 e. The predicted molar refractivity (Wildman–Crippen MR) is 86.0 cm³/mol. The van der Waals surface area contributed by atoms with Gasteiger partial charge in [-0.3, -0.25) is 5.32 Å². The van der Waals surface area contributed by atoms with E-state index in [-0.39, 0.29) is 6.03 Å². The van der Waals surface area contributed by atoms with Crippen LogP contribution >= 0.6 is 0 Å². The van der Waals surface area contributed by atoms with Gasteiger partial charge in [-0.25, -0.2) is 4.79 Å². The minimum Gasteiger partial charge on any atom is -0.490 e. The Morgan fingerprint density at radius 2 is 1.96 bits per heavy atom. The Labute approximate surface area is 134 Å². The van der Waals surface area contributed by atoms with Crippen molar-refractivity contribution in [3.05, 3.63) is 36.0 Å². The van der Waals surface area contributed by atoms with Crippen LogP contribution in [-0.2, 0) is 6.42 Å². The van der Waals surface area contributed by atoms with Crippen molar-refractivity contribution in [3.63, 3.8) is 0 Å². The van der Waals surface area contributed by atoms with Crippen molar-refractivity contribution in [2.45, 2.75) is 20.3 Å². The van der Waals surface area contributed by atoms with Crippen LogP contribution < -0.4 is 20.1 Å². The summed E-state index contributed by atoms with van der Waals surface area (Å²) in [7, 11) is 0. The van der Waals surface area contributed by atoms with Crippen molar-refractivity contribution in [2.24, 2.45) is 0 Å². The summed E-state index contributed by atoms with van der Waals surface area (Å²) in [6.45, 7) is 5.50. The Hall–Kier alpha value is -2.70. The van der Waals surface area contributed by atoms with Crippen LogP contribution in [0.4, 0.5) is 10.7 Å². The first-order chi connectivity index (χ1) is 11.2. The molecule has 2 N–H and O–H groups in total. The number of benzene rings is 1. The van der Waals surface area contributed by atoms with E-state index in [1.165, 1.54) is 6.20 Å². The second-order valence-corrected chi connectivity index (χ2v) is 4.65. The second kappa shape index (κ2) is 8.67. The van der Waals surface area contributed by atoms with Gasteiger partial charge < -0.3 is 19.3 Å². The summed E-state index contributed by atoms with van der Waals surface area (Å²) in [4.78, 5) is 11.7. The van der Waals surface area contributed by atoms with Gasteiger partial charge in [-0.15, -0.1) is 0 Å². The average molecular weight is 319 g/mol. The number of anilines is 1. The number of nitrogens with one attached hydrogen (secondary N) is 2. The molecule has 0 aliphatic carbocycles. The Morgan fingerprint density at radius 1 is 1.17 bits per heavy atom. The van der Waals surface area contributed by atoms with Crippen molar-refractivity contribution in [2.75, 3.05) is 25.1 Å². The number of carbonyl (C=O) groups excluding carboxylic acids is 1. The molecule has 0 atom stereocenters. The summed E-state index contributed by atoms with van der Waals surface area (Å²) in [5.74, 6) is 1.76. The van der Waals surface area contributed by atoms with Gasteiger partial charge in [-0.2, -0.15) is 0 Å². The summed E-state index contributed by atoms with van der Waals surface area (Å²) in [5, 5.41) is 8.80. The lowest BCUT2D eigenvalue weighted by Gasteiger charge is -2.12. The van der Waals surface area contributed by atoms with Crippen LogP contribution in [0.15, 0.2) is 35.0 Å². The fourth-order valence-corrected chi connectivity index (χ4v) is 2.01. The molecule has 0 saturated carbocycles. The molecule has 1 aromatic carbocycles. The minimum atomic E-state index is -0.335. The zero-order chi connectivity index (χ0) is 16.5. The van der Waals surface area contributed by atoms with Gasteiger partial charge in [-0.1, -0.05) is 11.2 Å². The van der Waals surface area contributed by atoms with Gasteiger partial charge in [0.1, 0.15) is 0 Å². The van der Waals surface area contributed by atoms with Gasteiger partial charge in [0.25, 0.3) is 0 Å². The molecule has 124 valence electrons. The van der Waals surface area contributed by atoms with Crippen molar-refractivity contribution in [1.29, 1.82) is 0 Å². The summed E-state index contributed by atoms with van der Waals surface area (Å²) >= 11 is 0. The van der Waals surface area contributed by atoms with Gasteiger partial charge in [0.15, 0.2) is 11.5 Å². The third-order valence-corrected chi connectivity index (χ3v) is 2.98. The molecule has 2 rings (SSSR count). The first-order valence-corrected chi connectivity index (χ1v) is 7.57. The molecule has 23 heavy (non-hydrogen) atoms. The van der Waals surface area contributed by atoms with Crippen LogP contribution in [-0.4, -0.2) is 30.9 Å². The highest BCUT2D eigenvalue weighted by molar-refractivity contribution is 5.87. The van der Waals surface area contributed by atoms with Gasteiger partial charge in [0.2, 0.25) is 5.88 Å². The number of carbonyl (C=O) groups is 1. The van der Waals surface area contributed by atoms with E-state index in [1.807, 2.05) is 32.0 Å². The highest BCUT2D eigenvalue weighted by Crippen LogP contribution is 2.28. The Morgan fingerprint density at radius 3 is 2.65 bits per heavy atom. The van der Waals surface area contributed by atoms with E-state index in [0.29, 0.717) is 32.1 Å². The maximum atomic E-state index is 11.7. The molecule has 1 heterocycles. The molecule has 0 radical (unpaired) electrons.